The average Bonchev–Trinajstić information content (AvgIpc) is 2.60. The van der Waals surface area contributed by atoms with Gasteiger partial charge < -0.3 is 5.32 Å². The molecule has 1 N–H and O–H groups in total. The Morgan fingerprint density at radius 3 is 2.60 bits per heavy atom. The maximum absolute atomic E-state index is 13.6. The van der Waals surface area contributed by atoms with Crippen LogP contribution in [0, 0.1) is 18.6 Å². The molecule has 1 aromatic rings. The van der Waals surface area contributed by atoms with E-state index in [1.165, 1.54) is 0 Å². The lowest BCUT2D eigenvalue weighted by atomic mass is 9.89. The topological polar surface area (TPSA) is 12.0 Å². The first-order chi connectivity index (χ1) is 7.03. The molecule has 1 heterocycles. The summed E-state index contributed by atoms with van der Waals surface area (Å²) in [7, 11) is 0. The van der Waals surface area contributed by atoms with E-state index in [1.807, 2.05) is 6.92 Å². The second-order valence-electron chi connectivity index (χ2n) is 4.44. The minimum absolute atomic E-state index is 0.331. The summed E-state index contributed by atoms with van der Waals surface area (Å²) in [6.45, 7) is 4.53. The van der Waals surface area contributed by atoms with Crippen LogP contribution in [0.5, 0.6) is 0 Å². The van der Waals surface area contributed by atoms with Crippen molar-refractivity contribution >= 4 is 0 Å². The highest BCUT2D eigenvalue weighted by Crippen LogP contribution is 2.33. The molecule has 0 saturated carbocycles. The van der Waals surface area contributed by atoms with Crippen molar-refractivity contribution in [3.8, 4) is 0 Å². The van der Waals surface area contributed by atoms with Crippen molar-refractivity contribution < 1.29 is 8.78 Å². The SMILES string of the molecule is Cc1cc(C2(C)CCCN2)c(F)cc1F. The number of nitrogens with one attached hydrogen (secondary N) is 1. The van der Waals surface area contributed by atoms with E-state index in [1.54, 1.807) is 13.0 Å². The van der Waals surface area contributed by atoms with Gasteiger partial charge in [-0.15, -0.1) is 0 Å². The molecule has 1 nitrogen and oxygen atoms in total. The summed E-state index contributed by atoms with van der Waals surface area (Å²) in [5.74, 6) is -0.923. The van der Waals surface area contributed by atoms with Gasteiger partial charge in [-0.2, -0.15) is 0 Å². The van der Waals surface area contributed by atoms with Gasteiger partial charge >= 0.3 is 0 Å². The number of rotatable bonds is 1. The minimum atomic E-state index is -0.474. The number of hydrogen-bond donors (Lipinski definition) is 1. The van der Waals surface area contributed by atoms with Crippen molar-refractivity contribution in [1.29, 1.82) is 0 Å². The van der Waals surface area contributed by atoms with Gasteiger partial charge in [0.1, 0.15) is 11.6 Å². The first-order valence-corrected chi connectivity index (χ1v) is 5.24. The molecule has 0 spiro atoms. The monoisotopic (exact) mass is 211 g/mol. The van der Waals surface area contributed by atoms with E-state index < -0.39 is 11.6 Å². The van der Waals surface area contributed by atoms with E-state index in [4.69, 9.17) is 0 Å². The molecule has 2 rings (SSSR count). The van der Waals surface area contributed by atoms with Gasteiger partial charge in [0.15, 0.2) is 0 Å². The fourth-order valence-corrected chi connectivity index (χ4v) is 2.20. The van der Waals surface area contributed by atoms with E-state index in [0.717, 1.165) is 25.5 Å². The highest BCUT2D eigenvalue weighted by molar-refractivity contribution is 5.31. The molecule has 82 valence electrons. The molecule has 1 aromatic carbocycles. The lowest BCUT2D eigenvalue weighted by molar-refractivity contribution is 0.407. The Bertz CT molecular complexity index is 381. The van der Waals surface area contributed by atoms with Crippen LogP contribution >= 0.6 is 0 Å². The first-order valence-electron chi connectivity index (χ1n) is 5.24. The molecule has 0 aromatic heterocycles. The lowest BCUT2D eigenvalue weighted by Crippen LogP contribution is -2.34. The largest absolute Gasteiger partial charge is 0.308 e. The van der Waals surface area contributed by atoms with Crippen molar-refractivity contribution in [2.75, 3.05) is 6.54 Å². The van der Waals surface area contributed by atoms with Crippen molar-refractivity contribution in [3.05, 3.63) is 34.9 Å². The van der Waals surface area contributed by atoms with E-state index in [2.05, 4.69) is 5.32 Å². The first kappa shape index (κ1) is 10.6. The second kappa shape index (κ2) is 3.56. The predicted octanol–water partition coefficient (Wildman–Crippen LogP) is 2.87. The minimum Gasteiger partial charge on any atom is -0.308 e. The van der Waals surface area contributed by atoms with Gasteiger partial charge in [-0.05, 0) is 44.9 Å². The zero-order chi connectivity index (χ0) is 11.1. The molecular weight excluding hydrogens is 196 g/mol. The molecule has 0 amide bonds. The van der Waals surface area contributed by atoms with Crippen LogP contribution in [0.15, 0.2) is 12.1 Å². The Morgan fingerprint density at radius 2 is 2.00 bits per heavy atom. The summed E-state index contributed by atoms with van der Waals surface area (Å²) < 4.78 is 26.8. The van der Waals surface area contributed by atoms with Gasteiger partial charge in [0.2, 0.25) is 0 Å². The molecule has 1 saturated heterocycles. The van der Waals surface area contributed by atoms with E-state index in [-0.39, 0.29) is 5.54 Å². The van der Waals surface area contributed by atoms with Crippen LogP contribution < -0.4 is 5.32 Å². The standard InChI is InChI=1S/C12H15F2N/c1-8-6-9(11(14)7-10(8)13)12(2)4-3-5-15-12/h6-7,15H,3-5H2,1-2H3. The van der Waals surface area contributed by atoms with Crippen LogP contribution in [0.3, 0.4) is 0 Å². The van der Waals surface area contributed by atoms with E-state index >= 15 is 0 Å². The van der Waals surface area contributed by atoms with Crippen LogP contribution in [0.2, 0.25) is 0 Å². The molecule has 1 atom stereocenters. The zero-order valence-corrected chi connectivity index (χ0v) is 9.03. The normalized spacial score (nSPS) is 25.9. The Balaban J connectivity index is 2.48. The van der Waals surface area contributed by atoms with Crippen molar-refractivity contribution in [1.82, 2.24) is 5.32 Å². The summed E-state index contributed by atoms with van der Waals surface area (Å²) in [5.41, 5.74) is 0.753. The third-order valence-electron chi connectivity index (χ3n) is 3.21. The summed E-state index contributed by atoms with van der Waals surface area (Å²) in [6.07, 6.45) is 1.93. The van der Waals surface area contributed by atoms with Crippen LogP contribution in [0.1, 0.15) is 30.9 Å². The van der Waals surface area contributed by atoms with Crippen LogP contribution in [0.4, 0.5) is 8.78 Å². The van der Waals surface area contributed by atoms with Crippen molar-refractivity contribution in [2.45, 2.75) is 32.2 Å². The summed E-state index contributed by atoms with van der Waals surface area (Å²) in [5, 5.41) is 3.27. The van der Waals surface area contributed by atoms with Crippen molar-refractivity contribution in [2.24, 2.45) is 0 Å². The van der Waals surface area contributed by atoms with Gasteiger partial charge in [0.25, 0.3) is 0 Å². The second-order valence-corrected chi connectivity index (χ2v) is 4.44. The lowest BCUT2D eigenvalue weighted by Gasteiger charge is -2.26. The molecule has 3 heteroatoms. The van der Waals surface area contributed by atoms with Crippen LogP contribution in [0.25, 0.3) is 0 Å². The van der Waals surface area contributed by atoms with Crippen molar-refractivity contribution in [3.63, 3.8) is 0 Å². The zero-order valence-electron chi connectivity index (χ0n) is 9.03. The number of benzene rings is 1. The fourth-order valence-electron chi connectivity index (χ4n) is 2.20. The molecular formula is C12H15F2N. The highest BCUT2D eigenvalue weighted by Gasteiger charge is 2.32. The molecule has 1 fully saturated rings. The quantitative estimate of drug-likeness (QED) is 0.753. The maximum Gasteiger partial charge on any atom is 0.131 e. The Labute approximate surface area is 88.5 Å². The third kappa shape index (κ3) is 1.76. The van der Waals surface area contributed by atoms with Gasteiger partial charge in [-0.25, -0.2) is 8.78 Å². The summed E-state index contributed by atoms with van der Waals surface area (Å²) in [4.78, 5) is 0. The van der Waals surface area contributed by atoms with Crippen LogP contribution in [-0.4, -0.2) is 6.54 Å². The number of aryl methyl sites for hydroxylation is 1. The average molecular weight is 211 g/mol. The third-order valence-corrected chi connectivity index (χ3v) is 3.21. The predicted molar refractivity (Wildman–Crippen MR) is 55.7 cm³/mol. The molecule has 1 aliphatic rings. The van der Waals surface area contributed by atoms with E-state index in [0.29, 0.717) is 11.1 Å². The Hall–Kier alpha value is -0.960. The Kier molecular flexibility index (Phi) is 2.51. The molecule has 0 bridgehead atoms. The Morgan fingerprint density at radius 1 is 1.27 bits per heavy atom. The molecule has 1 unspecified atom stereocenters. The van der Waals surface area contributed by atoms with Gasteiger partial charge in [0, 0.05) is 17.2 Å². The molecule has 15 heavy (non-hydrogen) atoms. The summed E-state index contributed by atoms with van der Waals surface area (Å²) >= 11 is 0. The summed E-state index contributed by atoms with van der Waals surface area (Å²) in [6, 6.07) is 2.60. The number of halogens is 2. The van der Waals surface area contributed by atoms with Crippen LogP contribution in [-0.2, 0) is 5.54 Å². The van der Waals surface area contributed by atoms with E-state index in [9.17, 15) is 8.78 Å². The smallest absolute Gasteiger partial charge is 0.131 e. The van der Waals surface area contributed by atoms with Gasteiger partial charge in [0.05, 0.1) is 0 Å². The molecule has 0 radical (unpaired) electrons. The highest BCUT2D eigenvalue weighted by atomic mass is 19.1. The fraction of sp³-hybridized carbons (Fsp3) is 0.500. The van der Waals surface area contributed by atoms with Gasteiger partial charge in [-0.3, -0.25) is 0 Å². The maximum atomic E-state index is 13.6. The number of hydrogen-bond acceptors (Lipinski definition) is 1. The molecule has 1 aliphatic heterocycles. The molecule has 0 aliphatic carbocycles. The van der Waals surface area contributed by atoms with Gasteiger partial charge in [-0.1, -0.05) is 0 Å².